The number of carboxylic acid groups (broad SMARTS) is 1. The smallest absolute Gasteiger partial charge is 0.349 e. The number of hydrogen-bond donors (Lipinski definition) is 1. The van der Waals surface area contributed by atoms with Gasteiger partial charge in [0, 0.05) is 12.3 Å². The van der Waals surface area contributed by atoms with Crippen molar-refractivity contribution in [3.05, 3.63) is 32.6 Å². The zero-order chi connectivity index (χ0) is 10.3. The summed E-state index contributed by atoms with van der Waals surface area (Å²) in [6.45, 7) is 0. The first kappa shape index (κ1) is 9.17. The fourth-order valence-corrected chi connectivity index (χ4v) is 2.21. The molecule has 0 atom stereocenters. The molecule has 0 bridgehead atoms. The second-order valence-electron chi connectivity index (χ2n) is 2.45. The fraction of sp³-hybridized carbons (Fsp3) is 0. The molecule has 0 aliphatic rings. The number of thiazole rings is 1. The average Bonchev–Trinajstić information content (AvgIpc) is 2.43. The lowest BCUT2D eigenvalue weighted by atomic mass is 10.5. The van der Waals surface area contributed by atoms with Gasteiger partial charge in [-0.05, 0) is 0 Å². The number of carboxylic acids is 1. The number of aromatic carboxylic acids is 1. The SMILES string of the molecule is O=C(O)c1sc2nc(=O)ccn2c1Cl. The molecular weight excluding hydrogens is 228 g/mol. The van der Waals surface area contributed by atoms with E-state index in [0.717, 1.165) is 11.3 Å². The van der Waals surface area contributed by atoms with Gasteiger partial charge in [-0.1, -0.05) is 22.9 Å². The van der Waals surface area contributed by atoms with E-state index < -0.39 is 11.5 Å². The lowest BCUT2D eigenvalue weighted by Gasteiger charge is -1.91. The summed E-state index contributed by atoms with van der Waals surface area (Å²) in [5.41, 5.74) is -0.417. The summed E-state index contributed by atoms with van der Waals surface area (Å²) < 4.78 is 1.36. The minimum atomic E-state index is -1.13. The Hall–Kier alpha value is -1.40. The van der Waals surface area contributed by atoms with Crippen LogP contribution in [0.25, 0.3) is 4.96 Å². The first-order valence-electron chi connectivity index (χ1n) is 3.50. The Bertz CT molecular complexity index is 574. The van der Waals surface area contributed by atoms with Gasteiger partial charge in [-0.3, -0.25) is 9.20 Å². The lowest BCUT2D eigenvalue weighted by molar-refractivity contribution is 0.0702. The quantitative estimate of drug-likeness (QED) is 0.797. The summed E-state index contributed by atoms with van der Waals surface area (Å²) in [7, 11) is 0. The molecule has 0 spiro atoms. The third-order valence-corrected chi connectivity index (χ3v) is 3.09. The Morgan fingerprint density at radius 3 is 3.00 bits per heavy atom. The second-order valence-corrected chi connectivity index (χ2v) is 3.78. The van der Waals surface area contributed by atoms with Gasteiger partial charge in [0.05, 0.1) is 0 Å². The van der Waals surface area contributed by atoms with Crippen LogP contribution in [0.2, 0.25) is 5.15 Å². The third kappa shape index (κ3) is 1.28. The van der Waals surface area contributed by atoms with E-state index in [1.807, 2.05) is 0 Å². The molecule has 0 unspecified atom stereocenters. The normalized spacial score (nSPS) is 10.6. The molecule has 0 aliphatic heterocycles. The van der Waals surface area contributed by atoms with Crippen LogP contribution < -0.4 is 5.56 Å². The summed E-state index contributed by atoms with van der Waals surface area (Å²) in [5.74, 6) is -1.13. The Balaban J connectivity index is 2.86. The van der Waals surface area contributed by atoms with E-state index in [9.17, 15) is 9.59 Å². The largest absolute Gasteiger partial charge is 0.477 e. The van der Waals surface area contributed by atoms with Gasteiger partial charge in [-0.25, -0.2) is 4.79 Å². The predicted molar refractivity (Wildman–Crippen MR) is 51.3 cm³/mol. The first-order valence-corrected chi connectivity index (χ1v) is 4.70. The molecule has 5 nitrogen and oxygen atoms in total. The molecule has 0 saturated carbocycles. The summed E-state index contributed by atoms with van der Waals surface area (Å²) in [6.07, 6.45) is 1.40. The highest BCUT2D eigenvalue weighted by Gasteiger charge is 2.16. The summed E-state index contributed by atoms with van der Waals surface area (Å²) in [4.78, 5) is 25.4. The molecule has 0 aromatic carbocycles. The molecule has 0 aliphatic carbocycles. The van der Waals surface area contributed by atoms with Crippen LogP contribution in [0.4, 0.5) is 0 Å². The van der Waals surface area contributed by atoms with Crippen molar-refractivity contribution in [2.24, 2.45) is 0 Å². The summed E-state index contributed by atoms with van der Waals surface area (Å²) in [6, 6.07) is 1.22. The molecule has 1 N–H and O–H groups in total. The number of nitrogens with zero attached hydrogens (tertiary/aromatic N) is 2. The van der Waals surface area contributed by atoms with Crippen molar-refractivity contribution < 1.29 is 9.90 Å². The van der Waals surface area contributed by atoms with Gasteiger partial charge in [0.15, 0.2) is 9.84 Å². The zero-order valence-corrected chi connectivity index (χ0v) is 8.17. The van der Waals surface area contributed by atoms with Gasteiger partial charge in [0.25, 0.3) is 5.56 Å². The van der Waals surface area contributed by atoms with Crippen LogP contribution in [-0.2, 0) is 0 Å². The Morgan fingerprint density at radius 1 is 1.64 bits per heavy atom. The average molecular weight is 231 g/mol. The van der Waals surface area contributed by atoms with Crippen molar-refractivity contribution >= 4 is 33.9 Å². The molecule has 0 radical (unpaired) electrons. The fourth-order valence-electron chi connectivity index (χ4n) is 0.984. The Morgan fingerprint density at radius 2 is 2.36 bits per heavy atom. The topological polar surface area (TPSA) is 71.7 Å². The number of fused-ring (bicyclic) bond motifs is 1. The highest BCUT2D eigenvalue weighted by atomic mass is 35.5. The van der Waals surface area contributed by atoms with Crippen molar-refractivity contribution in [2.45, 2.75) is 0 Å². The van der Waals surface area contributed by atoms with E-state index in [2.05, 4.69) is 4.98 Å². The molecule has 2 rings (SSSR count). The summed E-state index contributed by atoms with van der Waals surface area (Å²) in [5, 5.41) is 8.80. The van der Waals surface area contributed by atoms with Gasteiger partial charge in [-0.15, -0.1) is 0 Å². The van der Waals surface area contributed by atoms with Crippen molar-refractivity contribution in [2.75, 3.05) is 0 Å². The van der Waals surface area contributed by atoms with Gasteiger partial charge in [0.1, 0.15) is 5.15 Å². The number of halogens is 1. The van der Waals surface area contributed by atoms with Crippen LogP contribution in [0.5, 0.6) is 0 Å². The zero-order valence-electron chi connectivity index (χ0n) is 6.60. The third-order valence-electron chi connectivity index (χ3n) is 1.56. The molecule has 7 heteroatoms. The minimum absolute atomic E-state index is 0.0234. The highest BCUT2D eigenvalue weighted by molar-refractivity contribution is 7.19. The minimum Gasteiger partial charge on any atom is -0.477 e. The van der Waals surface area contributed by atoms with Crippen LogP contribution in [0, 0.1) is 0 Å². The van der Waals surface area contributed by atoms with E-state index in [1.165, 1.54) is 16.7 Å². The maximum absolute atomic E-state index is 10.9. The maximum atomic E-state index is 10.9. The predicted octanol–water partition coefficient (Wildman–Crippen LogP) is 1.11. The Labute approximate surface area is 86.2 Å². The second kappa shape index (κ2) is 3.07. The standard InChI is InChI=1S/C7H3ClN2O3S/c8-5-4(6(12)13)14-7-9-3(11)1-2-10(5)7/h1-2H,(H,12,13). The molecule has 2 aromatic heterocycles. The molecule has 14 heavy (non-hydrogen) atoms. The van der Waals surface area contributed by atoms with E-state index in [0.29, 0.717) is 0 Å². The molecule has 72 valence electrons. The monoisotopic (exact) mass is 230 g/mol. The van der Waals surface area contributed by atoms with Crippen molar-refractivity contribution in [3.63, 3.8) is 0 Å². The van der Waals surface area contributed by atoms with Crippen LogP contribution in [0.15, 0.2) is 17.1 Å². The number of rotatable bonds is 1. The molecule has 0 saturated heterocycles. The van der Waals surface area contributed by atoms with Crippen molar-refractivity contribution in [1.29, 1.82) is 0 Å². The van der Waals surface area contributed by atoms with E-state index in [4.69, 9.17) is 16.7 Å². The molecule has 2 aromatic rings. The Kier molecular flexibility index (Phi) is 2.01. The van der Waals surface area contributed by atoms with E-state index in [-0.39, 0.29) is 15.0 Å². The van der Waals surface area contributed by atoms with Crippen LogP contribution in [0.1, 0.15) is 9.67 Å². The van der Waals surface area contributed by atoms with Crippen LogP contribution in [0.3, 0.4) is 0 Å². The van der Waals surface area contributed by atoms with Crippen LogP contribution >= 0.6 is 22.9 Å². The van der Waals surface area contributed by atoms with E-state index in [1.54, 1.807) is 0 Å². The molecule has 0 fully saturated rings. The first-order chi connectivity index (χ1) is 6.59. The van der Waals surface area contributed by atoms with Crippen LogP contribution in [-0.4, -0.2) is 20.5 Å². The molecule has 0 amide bonds. The van der Waals surface area contributed by atoms with Crippen molar-refractivity contribution in [1.82, 2.24) is 9.38 Å². The van der Waals surface area contributed by atoms with Gasteiger partial charge in [-0.2, -0.15) is 4.98 Å². The molecular formula is C7H3ClN2O3S. The van der Waals surface area contributed by atoms with Gasteiger partial charge in [0.2, 0.25) is 0 Å². The molecule has 2 heterocycles. The van der Waals surface area contributed by atoms with E-state index >= 15 is 0 Å². The van der Waals surface area contributed by atoms with Crippen molar-refractivity contribution in [3.8, 4) is 0 Å². The van der Waals surface area contributed by atoms with Gasteiger partial charge < -0.3 is 5.11 Å². The summed E-state index contributed by atoms with van der Waals surface area (Å²) >= 11 is 6.62. The number of carbonyl (C=O) groups is 1. The van der Waals surface area contributed by atoms with Gasteiger partial charge >= 0.3 is 5.97 Å². The highest BCUT2D eigenvalue weighted by Crippen LogP contribution is 2.25. The maximum Gasteiger partial charge on any atom is 0.349 e. The number of aromatic nitrogens is 2. The lowest BCUT2D eigenvalue weighted by Crippen LogP contribution is -2.04. The number of hydrogen-bond acceptors (Lipinski definition) is 4.